The molecule has 1 aliphatic rings. The van der Waals surface area contributed by atoms with E-state index in [4.69, 9.17) is 9.26 Å². The Labute approximate surface area is 131 Å². The van der Waals surface area contributed by atoms with Gasteiger partial charge >= 0.3 is 0 Å². The molecule has 1 N–H and O–H groups in total. The molecule has 1 aromatic heterocycles. The van der Waals surface area contributed by atoms with Crippen molar-refractivity contribution in [2.45, 2.75) is 25.7 Å². The van der Waals surface area contributed by atoms with Gasteiger partial charge in [-0.15, -0.1) is 0 Å². The number of aryl methyl sites for hydroxylation is 1. The fourth-order valence-corrected chi connectivity index (χ4v) is 2.65. The van der Waals surface area contributed by atoms with E-state index < -0.39 is 10.8 Å². The molecule has 0 spiro atoms. The summed E-state index contributed by atoms with van der Waals surface area (Å²) in [4.78, 5) is 22.8. The maximum atomic E-state index is 12.4. The number of nitro groups is 1. The molecule has 8 heteroatoms. The number of hydrogen-bond donors (Lipinski definition) is 1. The van der Waals surface area contributed by atoms with Crippen molar-refractivity contribution in [1.82, 2.24) is 5.16 Å². The van der Waals surface area contributed by atoms with E-state index in [9.17, 15) is 14.9 Å². The molecule has 120 valence electrons. The molecule has 1 aromatic carbocycles. The average Bonchev–Trinajstić information content (AvgIpc) is 2.98. The molecule has 0 atom stereocenters. The number of non-ortho nitro benzene ring substituents is 1. The van der Waals surface area contributed by atoms with Gasteiger partial charge in [-0.1, -0.05) is 5.16 Å². The zero-order chi connectivity index (χ0) is 16.4. The van der Waals surface area contributed by atoms with Crippen molar-refractivity contribution in [2.75, 3.05) is 12.4 Å². The van der Waals surface area contributed by atoms with Crippen LogP contribution < -0.4 is 10.1 Å². The number of nitrogens with zero attached hydrogens (tertiary/aromatic N) is 2. The number of rotatable bonds is 4. The lowest BCUT2D eigenvalue weighted by Gasteiger charge is -2.11. The van der Waals surface area contributed by atoms with Crippen LogP contribution in [0.2, 0.25) is 0 Å². The van der Waals surface area contributed by atoms with Gasteiger partial charge in [-0.3, -0.25) is 14.9 Å². The van der Waals surface area contributed by atoms with Crippen LogP contribution in [0.3, 0.4) is 0 Å². The van der Waals surface area contributed by atoms with E-state index in [2.05, 4.69) is 10.5 Å². The molecule has 3 rings (SSSR count). The number of amides is 1. The Morgan fingerprint density at radius 2 is 2.17 bits per heavy atom. The molecule has 0 saturated carbocycles. The van der Waals surface area contributed by atoms with Gasteiger partial charge in [-0.05, 0) is 25.3 Å². The highest BCUT2D eigenvalue weighted by Crippen LogP contribution is 2.30. The number of aromatic nitrogens is 1. The molecule has 2 aromatic rings. The van der Waals surface area contributed by atoms with E-state index in [1.807, 2.05) is 0 Å². The smallest absolute Gasteiger partial charge is 0.278 e. The van der Waals surface area contributed by atoms with Crippen LogP contribution in [0.5, 0.6) is 5.75 Å². The second-order valence-corrected chi connectivity index (χ2v) is 5.24. The van der Waals surface area contributed by atoms with Crippen LogP contribution in [-0.2, 0) is 12.8 Å². The molecule has 0 bridgehead atoms. The van der Waals surface area contributed by atoms with Crippen molar-refractivity contribution in [3.63, 3.8) is 0 Å². The first-order valence-electron chi connectivity index (χ1n) is 7.21. The van der Waals surface area contributed by atoms with E-state index in [1.165, 1.54) is 25.3 Å². The highest BCUT2D eigenvalue weighted by molar-refractivity contribution is 6.04. The molecule has 8 nitrogen and oxygen atoms in total. The molecular weight excluding hydrogens is 302 g/mol. The van der Waals surface area contributed by atoms with Gasteiger partial charge in [0.05, 0.1) is 17.7 Å². The summed E-state index contributed by atoms with van der Waals surface area (Å²) >= 11 is 0. The number of hydrogen-bond acceptors (Lipinski definition) is 6. The molecule has 0 radical (unpaired) electrons. The Hall–Kier alpha value is -2.90. The lowest BCUT2D eigenvalue weighted by Crippen LogP contribution is -2.16. The molecule has 0 saturated heterocycles. The molecule has 0 fully saturated rings. The molecule has 1 heterocycles. The molecule has 0 unspecified atom stereocenters. The van der Waals surface area contributed by atoms with E-state index >= 15 is 0 Å². The Balaban J connectivity index is 1.89. The number of methoxy groups -OCH3 is 1. The summed E-state index contributed by atoms with van der Waals surface area (Å²) in [7, 11) is 1.43. The summed E-state index contributed by atoms with van der Waals surface area (Å²) in [5.41, 5.74) is 1.13. The highest BCUT2D eigenvalue weighted by Gasteiger charge is 2.25. The van der Waals surface area contributed by atoms with Gasteiger partial charge in [0.1, 0.15) is 11.5 Å². The summed E-state index contributed by atoms with van der Waals surface area (Å²) in [6, 6.07) is 4.00. The number of carbonyl (C=O) groups excluding carboxylic acids is 1. The normalized spacial score (nSPS) is 13.3. The van der Waals surface area contributed by atoms with Crippen LogP contribution in [0.15, 0.2) is 22.7 Å². The van der Waals surface area contributed by atoms with Crippen molar-refractivity contribution in [1.29, 1.82) is 0 Å². The minimum Gasteiger partial charge on any atom is -0.495 e. The summed E-state index contributed by atoms with van der Waals surface area (Å²) in [6.07, 6.45) is 3.51. The van der Waals surface area contributed by atoms with Crippen LogP contribution in [0.1, 0.15) is 34.7 Å². The highest BCUT2D eigenvalue weighted by atomic mass is 16.6. The number of fused-ring (bicyclic) bond motifs is 1. The summed E-state index contributed by atoms with van der Waals surface area (Å²) in [6.45, 7) is 0. The topological polar surface area (TPSA) is 108 Å². The minimum absolute atomic E-state index is 0.136. The van der Waals surface area contributed by atoms with Gasteiger partial charge in [-0.25, -0.2) is 0 Å². The number of anilines is 1. The Morgan fingerprint density at radius 3 is 2.91 bits per heavy atom. The van der Waals surface area contributed by atoms with E-state index in [0.717, 1.165) is 37.0 Å². The second-order valence-electron chi connectivity index (χ2n) is 5.24. The van der Waals surface area contributed by atoms with Crippen molar-refractivity contribution in [2.24, 2.45) is 0 Å². The molecular formula is C15H15N3O5. The summed E-state index contributed by atoms with van der Waals surface area (Å²) in [5, 5.41) is 17.3. The fourth-order valence-electron chi connectivity index (χ4n) is 2.65. The summed E-state index contributed by atoms with van der Waals surface area (Å²) in [5.74, 6) is 0.615. The predicted octanol–water partition coefficient (Wildman–Crippen LogP) is 2.72. The van der Waals surface area contributed by atoms with Crippen molar-refractivity contribution >= 4 is 17.3 Å². The molecule has 23 heavy (non-hydrogen) atoms. The number of benzene rings is 1. The maximum Gasteiger partial charge on any atom is 0.278 e. The SMILES string of the molecule is COc1ccc([N+](=O)[O-])cc1NC(=O)c1noc2c1CCCC2. The third kappa shape index (κ3) is 2.87. The lowest BCUT2D eigenvalue weighted by molar-refractivity contribution is -0.384. The number of carbonyl (C=O) groups is 1. The zero-order valence-corrected chi connectivity index (χ0v) is 12.5. The van der Waals surface area contributed by atoms with Crippen LogP contribution in [0.4, 0.5) is 11.4 Å². The van der Waals surface area contributed by atoms with E-state index in [1.54, 1.807) is 0 Å². The van der Waals surface area contributed by atoms with Crippen LogP contribution in [-0.4, -0.2) is 23.1 Å². The third-order valence-electron chi connectivity index (χ3n) is 3.81. The van der Waals surface area contributed by atoms with Crippen LogP contribution in [0.25, 0.3) is 0 Å². The quantitative estimate of drug-likeness (QED) is 0.686. The van der Waals surface area contributed by atoms with Gasteiger partial charge in [0.15, 0.2) is 5.69 Å². The Morgan fingerprint density at radius 1 is 1.39 bits per heavy atom. The monoisotopic (exact) mass is 317 g/mol. The van der Waals surface area contributed by atoms with Gasteiger partial charge in [0.25, 0.3) is 11.6 Å². The predicted molar refractivity (Wildman–Crippen MR) is 80.7 cm³/mol. The first-order chi connectivity index (χ1) is 11.1. The minimum atomic E-state index is -0.535. The van der Waals surface area contributed by atoms with Crippen LogP contribution in [0, 0.1) is 10.1 Å². The van der Waals surface area contributed by atoms with E-state index in [0.29, 0.717) is 5.75 Å². The molecule has 0 aliphatic heterocycles. The zero-order valence-electron chi connectivity index (χ0n) is 12.5. The average molecular weight is 317 g/mol. The number of nitro benzene ring substituents is 1. The van der Waals surface area contributed by atoms with Gasteiger partial charge in [-0.2, -0.15) is 0 Å². The molecule has 1 amide bonds. The largest absolute Gasteiger partial charge is 0.495 e. The first-order valence-corrected chi connectivity index (χ1v) is 7.21. The van der Waals surface area contributed by atoms with Crippen molar-refractivity contribution < 1.29 is 19.0 Å². The van der Waals surface area contributed by atoms with Crippen LogP contribution >= 0.6 is 0 Å². The standard InChI is InChI=1S/C15H15N3O5/c1-22-13-7-6-9(18(20)21)8-11(13)16-15(19)14-10-4-2-3-5-12(10)23-17-14/h6-8H,2-5H2,1H3,(H,16,19). The fraction of sp³-hybridized carbons (Fsp3) is 0.333. The van der Waals surface area contributed by atoms with E-state index in [-0.39, 0.29) is 17.1 Å². The Bertz CT molecular complexity index is 768. The second kappa shape index (κ2) is 6.07. The first kappa shape index (κ1) is 15.0. The van der Waals surface area contributed by atoms with Gasteiger partial charge < -0.3 is 14.6 Å². The summed E-state index contributed by atoms with van der Waals surface area (Å²) < 4.78 is 10.3. The number of ether oxygens (including phenoxy) is 1. The maximum absolute atomic E-state index is 12.4. The number of nitrogens with one attached hydrogen (secondary N) is 1. The van der Waals surface area contributed by atoms with Crippen molar-refractivity contribution in [3.05, 3.63) is 45.3 Å². The molecule has 1 aliphatic carbocycles. The van der Waals surface area contributed by atoms with Gasteiger partial charge in [0, 0.05) is 24.1 Å². The van der Waals surface area contributed by atoms with Gasteiger partial charge in [0.2, 0.25) is 0 Å². The Kier molecular flexibility index (Phi) is 3.96. The van der Waals surface area contributed by atoms with Crippen molar-refractivity contribution in [3.8, 4) is 5.75 Å². The third-order valence-corrected chi connectivity index (χ3v) is 3.81. The lowest BCUT2D eigenvalue weighted by atomic mass is 9.96.